The van der Waals surface area contributed by atoms with Crippen molar-refractivity contribution in [3.8, 4) is 29.1 Å². The predicted molar refractivity (Wildman–Crippen MR) is 161 cm³/mol. The molecule has 0 aromatic heterocycles. The van der Waals surface area contributed by atoms with E-state index in [0.29, 0.717) is 42.5 Å². The van der Waals surface area contributed by atoms with E-state index in [1.54, 1.807) is 26.2 Å². The standard InChI is InChI=1S/C31H46N4O7/c1-10-30(31(21-32,22(2)3)24-12-14-26(38-7)29(18-24)40-9)34(6)16-15-23-11-13-27(28(17-23)39-8)41-20-25(19-33(4)5)42-35(36)37/h11-14,17-18,22,25,30H,10,15-16,19-20H2,1-9H3. The largest absolute Gasteiger partial charge is 0.493 e. The average Bonchev–Trinajstić information content (AvgIpc) is 2.96. The Morgan fingerprint density at radius 1 is 0.976 bits per heavy atom. The minimum atomic E-state index is -0.802. The molecule has 0 radical (unpaired) electrons. The van der Waals surface area contributed by atoms with E-state index in [1.807, 2.05) is 50.5 Å². The number of nitrogens with zero attached hydrogens (tertiary/aromatic N) is 4. The maximum atomic E-state index is 10.9. The Hall–Kier alpha value is -3.75. The first-order valence-corrected chi connectivity index (χ1v) is 14.1. The number of hydrogen-bond donors (Lipinski definition) is 0. The number of benzene rings is 2. The maximum absolute atomic E-state index is 10.9. The molecule has 0 amide bonds. The topological polar surface area (TPSA) is 120 Å². The lowest BCUT2D eigenvalue weighted by Gasteiger charge is -2.43. The quantitative estimate of drug-likeness (QED) is 0.181. The third-order valence-electron chi connectivity index (χ3n) is 7.61. The summed E-state index contributed by atoms with van der Waals surface area (Å²) in [6, 6.07) is 14.0. The van der Waals surface area contributed by atoms with Crippen LogP contribution in [-0.2, 0) is 16.7 Å². The highest BCUT2D eigenvalue weighted by Gasteiger charge is 2.45. The van der Waals surface area contributed by atoms with Gasteiger partial charge in [-0.25, -0.2) is 0 Å². The molecular formula is C31H46N4O7. The van der Waals surface area contributed by atoms with Gasteiger partial charge in [0.1, 0.15) is 12.0 Å². The van der Waals surface area contributed by atoms with Crippen LogP contribution in [0.2, 0.25) is 0 Å². The Labute approximate surface area is 250 Å². The van der Waals surface area contributed by atoms with E-state index in [2.05, 4.69) is 38.8 Å². The van der Waals surface area contributed by atoms with Crippen molar-refractivity contribution >= 4 is 0 Å². The molecule has 0 fully saturated rings. The van der Waals surface area contributed by atoms with Gasteiger partial charge in [-0.05, 0) is 75.3 Å². The van der Waals surface area contributed by atoms with Crippen molar-refractivity contribution in [2.24, 2.45) is 5.92 Å². The van der Waals surface area contributed by atoms with Crippen LogP contribution in [0.3, 0.4) is 0 Å². The fourth-order valence-corrected chi connectivity index (χ4v) is 5.53. The van der Waals surface area contributed by atoms with Gasteiger partial charge >= 0.3 is 0 Å². The highest BCUT2D eigenvalue weighted by Crippen LogP contribution is 2.42. The number of ether oxygens (including phenoxy) is 4. The van der Waals surface area contributed by atoms with Crippen LogP contribution in [0.4, 0.5) is 0 Å². The second-order valence-electron chi connectivity index (χ2n) is 10.9. The lowest BCUT2D eigenvalue weighted by atomic mass is 9.66. The zero-order valence-corrected chi connectivity index (χ0v) is 26.4. The molecule has 2 aromatic rings. The molecule has 3 atom stereocenters. The summed E-state index contributed by atoms with van der Waals surface area (Å²) >= 11 is 0. The third kappa shape index (κ3) is 8.39. The van der Waals surface area contributed by atoms with Gasteiger partial charge in [0.25, 0.3) is 5.09 Å². The Balaban J connectivity index is 2.25. The molecule has 11 nitrogen and oxygen atoms in total. The van der Waals surface area contributed by atoms with Crippen molar-refractivity contribution < 1.29 is 28.9 Å². The van der Waals surface area contributed by atoms with E-state index in [1.165, 1.54) is 0 Å². The first-order chi connectivity index (χ1) is 20.0. The molecule has 0 N–H and O–H groups in total. The molecule has 0 bridgehead atoms. The van der Waals surface area contributed by atoms with Crippen molar-refractivity contribution in [1.82, 2.24) is 9.80 Å². The lowest BCUT2D eigenvalue weighted by molar-refractivity contribution is -0.768. The Bertz CT molecular complexity index is 1200. The lowest BCUT2D eigenvalue weighted by Crippen LogP contribution is -2.51. The number of likely N-dealkylation sites (N-methyl/N-ethyl adjacent to an activating group) is 2. The molecule has 0 saturated heterocycles. The van der Waals surface area contributed by atoms with Crippen molar-refractivity contribution in [2.45, 2.75) is 51.2 Å². The molecule has 42 heavy (non-hydrogen) atoms. The summed E-state index contributed by atoms with van der Waals surface area (Å²) in [5.74, 6) is 2.26. The normalized spacial score (nSPS) is 14.2. The summed E-state index contributed by atoms with van der Waals surface area (Å²) in [5.41, 5.74) is 1.14. The van der Waals surface area contributed by atoms with Crippen LogP contribution in [0.1, 0.15) is 38.3 Å². The summed E-state index contributed by atoms with van der Waals surface area (Å²) < 4.78 is 22.4. The molecule has 0 aliphatic carbocycles. The fraction of sp³-hybridized carbons (Fsp3) is 0.581. The van der Waals surface area contributed by atoms with Gasteiger partial charge in [-0.3, -0.25) is 0 Å². The van der Waals surface area contributed by atoms with Crippen LogP contribution in [-0.4, -0.2) is 89.2 Å². The van der Waals surface area contributed by atoms with Gasteiger partial charge in [-0.2, -0.15) is 5.26 Å². The molecular weight excluding hydrogens is 540 g/mol. The van der Waals surface area contributed by atoms with Gasteiger partial charge in [0, 0.05) is 19.1 Å². The third-order valence-corrected chi connectivity index (χ3v) is 7.61. The van der Waals surface area contributed by atoms with E-state index in [-0.39, 0.29) is 18.6 Å². The number of rotatable bonds is 18. The summed E-state index contributed by atoms with van der Waals surface area (Å²) in [6.45, 7) is 7.30. The van der Waals surface area contributed by atoms with Crippen molar-refractivity contribution in [1.29, 1.82) is 5.26 Å². The highest BCUT2D eigenvalue weighted by molar-refractivity contribution is 5.48. The first kappa shape index (κ1) is 34.5. The van der Waals surface area contributed by atoms with E-state index < -0.39 is 16.6 Å². The van der Waals surface area contributed by atoms with E-state index >= 15 is 0 Å². The molecule has 232 valence electrons. The van der Waals surface area contributed by atoms with E-state index in [4.69, 9.17) is 23.8 Å². The van der Waals surface area contributed by atoms with Gasteiger partial charge in [0.15, 0.2) is 29.1 Å². The number of methoxy groups -OCH3 is 3. The van der Waals surface area contributed by atoms with Gasteiger partial charge in [0.05, 0.1) is 27.4 Å². The van der Waals surface area contributed by atoms with Crippen molar-refractivity contribution in [3.05, 3.63) is 57.6 Å². The second kappa shape index (κ2) is 16.0. The molecule has 0 heterocycles. The molecule has 0 aliphatic rings. The second-order valence-corrected chi connectivity index (χ2v) is 10.9. The van der Waals surface area contributed by atoms with Gasteiger partial charge < -0.3 is 33.6 Å². The molecule has 2 aromatic carbocycles. The Kier molecular flexibility index (Phi) is 13.2. The number of hydrogen-bond acceptors (Lipinski definition) is 10. The molecule has 3 unspecified atom stereocenters. The zero-order valence-electron chi connectivity index (χ0n) is 26.4. The van der Waals surface area contributed by atoms with Crippen LogP contribution < -0.4 is 18.9 Å². The van der Waals surface area contributed by atoms with Crippen LogP contribution in [0, 0.1) is 27.4 Å². The fourth-order valence-electron chi connectivity index (χ4n) is 5.53. The number of nitriles is 1. The summed E-state index contributed by atoms with van der Waals surface area (Å²) in [7, 11) is 10.4. The zero-order chi connectivity index (χ0) is 31.4. The Morgan fingerprint density at radius 3 is 2.12 bits per heavy atom. The molecule has 0 saturated carbocycles. The van der Waals surface area contributed by atoms with E-state index in [0.717, 1.165) is 17.5 Å². The maximum Gasteiger partial charge on any atom is 0.294 e. The highest BCUT2D eigenvalue weighted by atomic mass is 17.0. The van der Waals surface area contributed by atoms with E-state index in [9.17, 15) is 15.4 Å². The summed E-state index contributed by atoms with van der Waals surface area (Å²) in [5, 5.41) is 20.8. The monoisotopic (exact) mass is 586 g/mol. The average molecular weight is 587 g/mol. The molecule has 11 heteroatoms. The van der Waals surface area contributed by atoms with Gasteiger partial charge in [-0.15, -0.1) is 10.1 Å². The Morgan fingerprint density at radius 2 is 1.60 bits per heavy atom. The van der Waals surface area contributed by atoms with Gasteiger partial charge in [-0.1, -0.05) is 32.9 Å². The van der Waals surface area contributed by atoms with Crippen LogP contribution >= 0.6 is 0 Å². The molecule has 2 rings (SSSR count). The molecule has 0 aliphatic heterocycles. The predicted octanol–water partition coefficient (Wildman–Crippen LogP) is 4.60. The molecule has 0 spiro atoms. The SMILES string of the molecule is CCC(N(C)CCc1ccc(OCC(CN(C)C)O[N+](=O)[O-])c(OC)c1)C(C#N)(c1ccc(OC)c(OC)c1)C(C)C. The van der Waals surface area contributed by atoms with Crippen LogP contribution in [0.25, 0.3) is 0 Å². The summed E-state index contributed by atoms with van der Waals surface area (Å²) in [4.78, 5) is 19.7. The van der Waals surface area contributed by atoms with Crippen molar-refractivity contribution in [3.63, 3.8) is 0 Å². The smallest absolute Gasteiger partial charge is 0.294 e. The summed E-state index contributed by atoms with van der Waals surface area (Å²) in [6.07, 6.45) is 0.738. The minimum absolute atomic E-state index is 0.00260. The van der Waals surface area contributed by atoms with Gasteiger partial charge in [0.2, 0.25) is 0 Å². The van der Waals surface area contributed by atoms with Crippen LogP contribution in [0.15, 0.2) is 36.4 Å². The van der Waals surface area contributed by atoms with Crippen molar-refractivity contribution in [2.75, 3.05) is 62.2 Å². The first-order valence-electron chi connectivity index (χ1n) is 14.1. The van der Waals surface area contributed by atoms with Crippen LogP contribution in [0.5, 0.6) is 23.0 Å². The minimum Gasteiger partial charge on any atom is -0.493 e.